The third kappa shape index (κ3) is 4.86. The maximum atomic E-state index is 13.0. The third-order valence-corrected chi connectivity index (χ3v) is 4.98. The van der Waals surface area contributed by atoms with Crippen LogP contribution in [-0.4, -0.2) is 16.3 Å². The SMILES string of the molecule is O=C(O)C(Cc1ccccc1)SCc1ccc(F)cc1Br. The number of hydrogen-bond donors (Lipinski definition) is 1. The number of halogens is 2. The second-order valence-electron chi connectivity index (χ2n) is 4.56. The number of hydrogen-bond acceptors (Lipinski definition) is 2. The Kier molecular flexibility index (Phi) is 5.82. The summed E-state index contributed by atoms with van der Waals surface area (Å²) in [6, 6.07) is 14.0. The van der Waals surface area contributed by atoms with Gasteiger partial charge in [0.1, 0.15) is 11.1 Å². The van der Waals surface area contributed by atoms with Crippen molar-refractivity contribution in [3.05, 3.63) is 69.9 Å². The predicted molar refractivity (Wildman–Crippen MR) is 87.0 cm³/mol. The second kappa shape index (κ2) is 7.61. The largest absolute Gasteiger partial charge is 0.480 e. The van der Waals surface area contributed by atoms with Crippen LogP contribution in [0.1, 0.15) is 11.1 Å². The van der Waals surface area contributed by atoms with E-state index in [4.69, 9.17) is 0 Å². The van der Waals surface area contributed by atoms with Gasteiger partial charge in [-0.2, -0.15) is 0 Å². The summed E-state index contributed by atoms with van der Waals surface area (Å²) in [5, 5.41) is 8.81. The molecule has 0 fully saturated rings. The van der Waals surface area contributed by atoms with Crippen molar-refractivity contribution in [3.63, 3.8) is 0 Å². The van der Waals surface area contributed by atoms with E-state index in [9.17, 15) is 14.3 Å². The number of thioether (sulfide) groups is 1. The normalized spacial score (nSPS) is 12.1. The Labute approximate surface area is 135 Å². The molecule has 0 saturated heterocycles. The smallest absolute Gasteiger partial charge is 0.316 e. The van der Waals surface area contributed by atoms with E-state index in [2.05, 4.69) is 15.9 Å². The summed E-state index contributed by atoms with van der Waals surface area (Å²) in [4.78, 5) is 11.4. The molecule has 1 unspecified atom stereocenters. The number of carboxylic acids is 1. The molecule has 0 spiro atoms. The van der Waals surface area contributed by atoms with Gasteiger partial charge in [-0.1, -0.05) is 52.3 Å². The molecule has 0 aliphatic rings. The zero-order valence-electron chi connectivity index (χ0n) is 11.1. The molecular weight excluding hydrogens is 355 g/mol. The highest BCUT2D eigenvalue weighted by atomic mass is 79.9. The Hall–Kier alpha value is -1.33. The highest BCUT2D eigenvalue weighted by Crippen LogP contribution is 2.26. The predicted octanol–water partition coefficient (Wildman–Crippen LogP) is 4.52. The molecule has 1 N–H and O–H groups in total. The first-order valence-electron chi connectivity index (χ1n) is 6.38. The van der Waals surface area contributed by atoms with Gasteiger partial charge in [-0.3, -0.25) is 4.79 Å². The monoisotopic (exact) mass is 368 g/mol. The first-order valence-corrected chi connectivity index (χ1v) is 8.22. The van der Waals surface area contributed by atoms with Crippen LogP contribution < -0.4 is 0 Å². The molecule has 0 aliphatic heterocycles. The molecule has 2 rings (SSSR count). The minimum Gasteiger partial charge on any atom is -0.480 e. The summed E-state index contributed by atoms with van der Waals surface area (Å²) < 4.78 is 13.7. The molecular formula is C16H14BrFO2S. The van der Waals surface area contributed by atoms with Crippen molar-refractivity contribution >= 4 is 33.7 Å². The molecule has 0 aliphatic carbocycles. The fraction of sp³-hybridized carbons (Fsp3) is 0.188. The van der Waals surface area contributed by atoms with E-state index in [1.165, 1.54) is 23.9 Å². The lowest BCUT2D eigenvalue weighted by Gasteiger charge is -2.13. The number of carbonyl (C=O) groups is 1. The van der Waals surface area contributed by atoms with E-state index in [0.29, 0.717) is 16.6 Å². The van der Waals surface area contributed by atoms with E-state index >= 15 is 0 Å². The lowest BCUT2D eigenvalue weighted by Crippen LogP contribution is -2.19. The Morgan fingerprint density at radius 3 is 2.57 bits per heavy atom. The summed E-state index contributed by atoms with van der Waals surface area (Å²) in [6.07, 6.45) is 0.472. The van der Waals surface area contributed by atoms with Crippen LogP contribution in [-0.2, 0) is 17.0 Å². The molecule has 2 nitrogen and oxygen atoms in total. The van der Waals surface area contributed by atoms with E-state index in [0.717, 1.165) is 11.1 Å². The van der Waals surface area contributed by atoms with Crippen molar-refractivity contribution in [1.82, 2.24) is 0 Å². The molecule has 21 heavy (non-hydrogen) atoms. The van der Waals surface area contributed by atoms with Crippen LogP contribution in [0, 0.1) is 5.82 Å². The Bertz CT molecular complexity index is 619. The molecule has 5 heteroatoms. The highest BCUT2D eigenvalue weighted by Gasteiger charge is 2.19. The van der Waals surface area contributed by atoms with Gasteiger partial charge in [0.05, 0.1) is 0 Å². The van der Waals surface area contributed by atoms with Gasteiger partial charge in [-0.25, -0.2) is 4.39 Å². The van der Waals surface area contributed by atoms with Crippen molar-refractivity contribution in [1.29, 1.82) is 0 Å². The Balaban J connectivity index is 2.02. The van der Waals surface area contributed by atoms with E-state index in [-0.39, 0.29) is 5.82 Å². The standard InChI is InChI=1S/C16H14BrFO2S/c17-14-9-13(18)7-6-12(14)10-21-15(16(19)20)8-11-4-2-1-3-5-11/h1-7,9,15H,8,10H2,(H,19,20). The third-order valence-electron chi connectivity index (χ3n) is 2.99. The van der Waals surface area contributed by atoms with Crippen LogP contribution in [0.4, 0.5) is 4.39 Å². The van der Waals surface area contributed by atoms with Crippen LogP contribution in [0.15, 0.2) is 53.0 Å². The van der Waals surface area contributed by atoms with Crippen LogP contribution in [0.3, 0.4) is 0 Å². The molecule has 0 heterocycles. The zero-order valence-corrected chi connectivity index (χ0v) is 13.5. The zero-order chi connectivity index (χ0) is 15.2. The van der Waals surface area contributed by atoms with Gasteiger partial charge in [0, 0.05) is 10.2 Å². The molecule has 0 bridgehead atoms. The van der Waals surface area contributed by atoms with E-state index < -0.39 is 11.2 Å². The summed E-state index contributed by atoms with van der Waals surface area (Å²) in [6.45, 7) is 0. The number of aliphatic carboxylic acids is 1. The summed E-state index contributed by atoms with van der Waals surface area (Å²) in [5.74, 6) is -0.623. The van der Waals surface area contributed by atoms with Gasteiger partial charge >= 0.3 is 5.97 Å². The van der Waals surface area contributed by atoms with Crippen molar-refractivity contribution in [2.45, 2.75) is 17.4 Å². The van der Waals surface area contributed by atoms with Crippen LogP contribution in [0.2, 0.25) is 0 Å². The fourth-order valence-electron chi connectivity index (χ4n) is 1.87. The first kappa shape index (κ1) is 16.0. The maximum absolute atomic E-state index is 13.0. The Morgan fingerprint density at radius 2 is 1.95 bits per heavy atom. The van der Waals surface area contributed by atoms with Crippen molar-refractivity contribution in [2.75, 3.05) is 0 Å². The average Bonchev–Trinajstić information content (AvgIpc) is 2.46. The highest BCUT2D eigenvalue weighted by molar-refractivity contribution is 9.10. The van der Waals surface area contributed by atoms with Gasteiger partial charge in [-0.05, 0) is 29.7 Å². The average molecular weight is 369 g/mol. The van der Waals surface area contributed by atoms with Crippen LogP contribution >= 0.6 is 27.7 Å². The summed E-state index contributed by atoms with van der Waals surface area (Å²) in [5.41, 5.74) is 1.89. The second-order valence-corrected chi connectivity index (χ2v) is 6.61. The number of benzene rings is 2. The minimum atomic E-state index is -0.831. The van der Waals surface area contributed by atoms with Gasteiger partial charge in [0.2, 0.25) is 0 Å². The van der Waals surface area contributed by atoms with E-state index in [1.54, 1.807) is 6.07 Å². The van der Waals surface area contributed by atoms with Gasteiger partial charge in [-0.15, -0.1) is 11.8 Å². The van der Waals surface area contributed by atoms with Crippen molar-refractivity contribution < 1.29 is 14.3 Å². The maximum Gasteiger partial charge on any atom is 0.316 e. The first-order chi connectivity index (χ1) is 10.1. The molecule has 2 aromatic rings. The quantitative estimate of drug-likeness (QED) is 0.814. The van der Waals surface area contributed by atoms with Crippen LogP contribution in [0.25, 0.3) is 0 Å². The van der Waals surface area contributed by atoms with Crippen molar-refractivity contribution in [2.24, 2.45) is 0 Å². The van der Waals surface area contributed by atoms with Crippen LogP contribution in [0.5, 0.6) is 0 Å². The molecule has 2 aromatic carbocycles. The number of carboxylic acid groups (broad SMARTS) is 1. The van der Waals surface area contributed by atoms with Gasteiger partial charge < -0.3 is 5.11 Å². The molecule has 0 aromatic heterocycles. The van der Waals surface area contributed by atoms with E-state index in [1.807, 2.05) is 30.3 Å². The van der Waals surface area contributed by atoms with Gasteiger partial charge in [0.25, 0.3) is 0 Å². The molecule has 110 valence electrons. The molecule has 0 amide bonds. The molecule has 0 radical (unpaired) electrons. The fourth-order valence-corrected chi connectivity index (χ4v) is 3.64. The summed E-state index contributed by atoms with van der Waals surface area (Å²) in [7, 11) is 0. The number of rotatable bonds is 6. The minimum absolute atomic E-state index is 0.310. The molecule has 1 atom stereocenters. The van der Waals surface area contributed by atoms with Crippen molar-refractivity contribution in [3.8, 4) is 0 Å². The lowest BCUT2D eigenvalue weighted by atomic mass is 10.1. The molecule has 0 saturated carbocycles. The van der Waals surface area contributed by atoms with Gasteiger partial charge in [0.15, 0.2) is 0 Å². The Morgan fingerprint density at radius 1 is 1.24 bits per heavy atom. The topological polar surface area (TPSA) is 37.3 Å². The lowest BCUT2D eigenvalue weighted by molar-refractivity contribution is -0.136. The summed E-state index contributed by atoms with van der Waals surface area (Å²) >= 11 is 4.65.